The molecule has 0 spiro atoms. The molecule has 1 amide bonds. The maximum atomic E-state index is 11.8. The van der Waals surface area contributed by atoms with E-state index in [0.717, 1.165) is 11.4 Å². The Hall–Kier alpha value is -3.03. The molecule has 0 fully saturated rings. The summed E-state index contributed by atoms with van der Waals surface area (Å²) in [7, 11) is 0. The van der Waals surface area contributed by atoms with Crippen LogP contribution in [0.1, 0.15) is 21.7 Å². The normalized spacial score (nSPS) is 11.0. The molecule has 0 bridgehead atoms. The third-order valence-electron chi connectivity index (χ3n) is 2.44. The van der Waals surface area contributed by atoms with Crippen LogP contribution in [0, 0.1) is 13.8 Å². The molecule has 2 heterocycles. The van der Waals surface area contributed by atoms with Gasteiger partial charge in [0.25, 0.3) is 11.9 Å². The van der Waals surface area contributed by atoms with E-state index in [0.29, 0.717) is 5.56 Å². The number of aliphatic imine (C=N–C) groups is 1. The highest BCUT2D eigenvalue weighted by atomic mass is 16.2. The van der Waals surface area contributed by atoms with Crippen LogP contribution in [0.25, 0.3) is 0 Å². The summed E-state index contributed by atoms with van der Waals surface area (Å²) in [6, 6.07) is 4.99. The van der Waals surface area contributed by atoms with Crippen molar-refractivity contribution >= 4 is 17.8 Å². The second-order valence-corrected chi connectivity index (χ2v) is 4.26. The predicted molar refractivity (Wildman–Crippen MR) is 77.6 cm³/mol. The molecule has 0 radical (unpaired) electrons. The van der Waals surface area contributed by atoms with E-state index in [4.69, 9.17) is 5.73 Å². The molecule has 2 rings (SSSR count). The van der Waals surface area contributed by atoms with Crippen molar-refractivity contribution in [3.8, 4) is 0 Å². The Bertz CT molecular complexity index is 649. The molecule has 2 aromatic heterocycles. The Balaban J connectivity index is 1.99. The van der Waals surface area contributed by atoms with Crippen LogP contribution in [0.5, 0.6) is 0 Å². The molecule has 0 aliphatic rings. The number of hydrogen-bond donors (Lipinski definition) is 3. The van der Waals surface area contributed by atoms with Crippen molar-refractivity contribution in [1.82, 2.24) is 25.8 Å². The first kappa shape index (κ1) is 14.4. The molecule has 8 heteroatoms. The van der Waals surface area contributed by atoms with Gasteiger partial charge in [0.15, 0.2) is 0 Å². The Morgan fingerprint density at radius 3 is 2.38 bits per heavy atom. The zero-order chi connectivity index (χ0) is 15.2. The number of amides is 1. The lowest BCUT2D eigenvalue weighted by atomic mass is 10.3. The van der Waals surface area contributed by atoms with E-state index >= 15 is 0 Å². The first-order valence-electron chi connectivity index (χ1n) is 6.17. The highest BCUT2D eigenvalue weighted by molar-refractivity contribution is 5.95. The fourth-order valence-corrected chi connectivity index (χ4v) is 1.59. The Morgan fingerprint density at radius 1 is 1.14 bits per heavy atom. The van der Waals surface area contributed by atoms with E-state index < -0.39 is 0 Å². The van der Waals surface area contributed by atoms with Gasteiger partial charge in [-0.25, -0.2) is 9.97 Å². The van der Waals surface area contributed by atoms with E-state index in [1.165, 1.54) is 12.4 Å². The van der Waals surface area contributed by atoms with Crippen LogP contribution in [-0.2, 0) is 0 Å². The topological polar surface area (TPSA) is 118 Å². The van der Waals surface area contributed by atoms with Gasteiger partial charge >= 0.3 is 0 Å². The summed E-state index contributed by atoms with van der Waals surface area (Å²) in [6.07, 6.45) is 3.05. The van der Waals surface area contributed by atoms with Crippen LogP contribution in [0.3, 0.4) is 0 Å². The van der Waals surface area contributed by atoms with Crippen molar-refractivity contribution in [1.29, 1.82) is 0 Å². The average molecular weight is 285 g/mol. The predicted octanol–water partition coefficient (Wildman–Crippen LogP) is 0.369. The number of rotatable bonds is 2. The lowest BCUT2D eigenvalue weighted by Gasteiger charge is -2.07. The quantitative estimate of drug-likeness (QED) is 0.417. The third-order valence-corrected chi connectivity index (χ3v) is 2.44. The molecule has 0 saturated carbocycles. The SMILES string of the molecule is Cc1cc(C)nc(N=C(N)NNC(=O)c2ccncc2)n1. The summed E-state index contributed by atoms with van der Waals surface area (Å²) in [5, 5.41) is 0. The maximum Gasteiger partial charge on any atom is 0.269 e. The van der Waals surface area contributed by atoms with Gasteiger partial charge in [-0.3, -0.25) is 20.6 Å². The van der Waals surface area contributed by atoms with Crippen LogP contribution >= 0.6 is 0 Å². The number of guanidine groups is 1. The van der Waals surface area contributed by atoms with Crippen molar-refractivity contribution in [2.75, 3.05) is 0 Å². The molecule has 8 nitrogen and oxygen atoms in total. The van der Waals surface area contributed by atoms with Crippen LogP contribution in [0.4, 0.5) is 5.95 Å². The van der Waals surface area contributed by atoms with Gasteiger partial charge in [-0.1, -0.05) is 0 Å². The van der Waals surface area contributed by atoms with Gasteiger partial charge in [0.05, 0.1) is 0 Å². The molecule has 2 aromatic rings. The molecule has 0 saturated heterocycles. The first-order chi connectivity index (χ1) is 10.0. The number of aryl methyl sites for hydroxylation is 2. The average Bonchev–Trinajstić information content (AvgIpc) is 2.44. The van der Waals surface area contributed by atoms with E-state index in [9.17, 15) is 4.79 Å². The summed E-state index contributed by atoms with van der Waals surface area (Å²) >= 11 is 0. The Morgan fingerprint density at radius 2 is 1.76 bits per heavy atom. The van der Waals surface area contributed by atoms with Gasteiger partial charge in [0, 0.05) is 29.3 Å². The highest BCUT2D eigenvalue weighted by Crippen LogP contribution is 2.06. The van der Waals surface area contributed by atoms with Gasteiger partial charge in [-0.2, -0.15) is 4.99 Å². The number of nitrogens with zero attached hydrogens (tertiary/aromatic N) is 4. The fourth-order valence-electron chi connectivity index (χ4n) is 1.59. The monoisotopic (exact) mass is 285 g/mol. The third kappa shape index (κ3) is 4.23. The number of hydrogen-bond acceptors (Lipinski definition) is 5. The summed E-state index contributed by atoms with van der Waals surface area (Å²) in [4.78, 5) is 27.8. The minimum Gasteiger partial charge on any atom is -0.368 e. The summed E-state index contributed by atoms with van der Waals surface area (Å²) in [5.41, 5.74) is 12.6. The molecule has 0 aliphatic heterocycles. The van der Waals surface area contributed by atoms with E-state index in [1.807, 2.05) is 19.9 Å². The molecule has 108 valence electrons. The Labute approximate surface area is 121 Å². The number of carbonyl (C=O) groups is 1. The van der Waals surface area contributed by atoms with Crippen molar-refractivity contribution in [3.05, 3.63) is 47.5 Å². The van der Waals surface area contributed by atoms with Gasteiger partial charge in [-0.05, 0) is 32.0 Å². The van der Waals surface area contributed by atoms with E-state index in [1.54, 1.807) is 12.1 Å². The number of pyridine rings is 1. The number of nitrogens with two attached hydrogens (primary N) is 1. The largest absolute Gasteiger partial charge is 0.368 e. The van der Waals surface area contributed by atoms with Crippen molar-refractivity contribution in [3.63, 3.8) is 0 Å². The molecule has 0 atom stereocenters. The van der Waals surface area contributed by atoms with Crippen LogP contribution < -0.4 is 16.6 Å². The molecule has 0 aliphatic carbocycles. The molecule has 0 aromatic carbocycles. The fraction of sp³-hybridized carbons (Fsp3) is 0.154. The van der Waals surface area contributed by atoms with Crippen LogP contribution in [0.2, 0.25) is 0 Å². The minimum atomic E-state index is -0.350. The lowest BCUT2D eigenvalue weighted by Crippen LogP contribution is -2.45. The number of nitrogens with one attached hydrogen (secondary N) is 2. The molecular weight excluding hydrogens is 270 g/mol. The molecule has 0 unspecified atom stereocenters. The van der Waals surface area contributed by atoms with Crippen molar-refractivity contribution in [2.24, 2.45) is 10.7 Å². The maximum absolute atomic E-state index is 11.8. The lowest BCUT2D eigenvalue weighted by molar-refractivity contribution is 0.0943. The number of aromatic nitrogens is 3. The van der Waals surface area contributed by atoms with Gasteiger partial charge in [0.2, 0.25) is 5.96 Å². The molecule has 4 N–H and O–H groups in total. The number of hydrazine groups is 1. The Kier molecular flexibility index (Phi) is 4.39. The van der Waals surface area contributed by atoms with E-state index in [2.05, 4.69) is 30.8 Å². The van der Waals surface area contributed by atoms with Crippen molar-refractivity contribution in [2.45, 2.75) is 13.8 Å². The molecule has 21 heavy (non-hydrogen) atoms. The van der Waals surface area contributed by atoms with Gasteiger partial charge in [0.1, 0.15) is 0 Å². The minimum absolute atomic E-state index is 0.0117. The smallest absolute Gasteiger partial charge is 0.269 e. The zero-order valence-corrected chi connectivity index (χ0v) is 11.7. The van der Waals surface area contributed by atoms with Gasteiger partial charge < -0.3 is 5.73 Å². The second-order valence-electron chi connectivity index (χ2n) is 4.26. The van der Waals surface area contributed by atoms with E-state index in [-0.39, 0.29) is 17.8 Å². The first-order valence-corrected chi connectivity index (χ1v) is 6.17. The summed E-state index contributed by atoms with van der Waals surface area (Å²) in [6.45, 7) is 3.67. The standard InChI is InChI=1S/C13H15N7O/c1-8-7-9(2)17-13(16-8)18-12(14)20-19-11(21)10-3-5-15-6-4-10/h3-7H,1-2H3,(H,19,21)(H3,14,16,17,18,20). The molecular formula is C13H15N7O. The summed E-state index contributed by atoms with van der Waals surface area (Å²) < 4.78 is 0. The van der Waals surface area contributed by atoms with Gasteiger partial charge in [-0.15, -0.1) is 0 Å². The highest BCUT2D eigenvalue weighted by Gasteiger charge is 2.04. The summed E-state index contributed by atoms with van der Waals surface area (Å²) in [5.74, 6) is -0.130. The van der Waals surface area contributed by atoms with Crippen molar-refractivity contribution < 1.29 is 4.79 Å². The number of carbonyl (C=O) groups excluding carboxylic acids is 1. The zero-order valence-electron chi connectivity index (χ0n) is 11.7. The second kappa shape index (κ2) is 6.42. The van der Waals surface area contributed by atoms with Crippen LogP contribution in [0.15, 0.2) is 35.6 Å². The van der Waals surface area contributed by atoms with Crippen LogP contribution in [-0.4, -0.2) is 26.8 Å².